The van der Waals surface area contributed by atoms with Gasteiger partial charge in [0.25, 0.3) is 0 Å². The molecule has 118 valence electrons. The average molecular weight is 320 g/mol. The number of anilines is 1. The summed E-state index contributed by atoms with van der Waals surface area (Å²) >= 11 is 0. The number of likely N-dealkylation sites (N-methyl/N-ethyl adjacent to an activating group) is 1. The van der Waals surface area contributed by atoms with E-state index >= 15 is 0 Å². The molecule has 2 heterocycles. The van der Waals surface area contributed by atoms with Crippen LogP contribution < -0.4 is 4.90 Å². The van der Waals surface area contributed by atoms with Crippen LogP contribution in [0.3, 0.4) is 0 Å². The molecule has 0 aliphatic carbocycles. The minimum atomic E-state index is -3.24. The number of rotatable bonds is 3. The van der Waals surface area contributed by atoms with Crippen molar-refractivity contribution >= 4 is 26.6 Å². The Kier molecular flexibility index (Phi) is 3.78. The van der Waals surface area contributed by atoms with Crippen LogP contribution in [0.25, 0.3) is 10.9 Å². The monoisotopic (exact) mass is 320 g/mol. The summed E-state index contributed by atoms with van der Waals surface area (Å²) in [5, 5.41) is 0.796. The van der Waals surface area contributed by atoms with E-state index in [0.29, 0.717) is 10.9 Å². The molecule has 0 bridgehead atoms. The van der Waals surface area contributed by atoms with E-state index in [2.05, 4.69) is 33.9 Å². The maximum Gasteiger partial charge on any atom is 0.175 e. The van der Waals surface area contributed by atoms with Crippen LogP contribution in [-0.4, -0.2) is 62.8 Å². The predicted octanol–water partition coefficient (Wildman–Crippen LogP) is 1.17. The molecule has 0 spiro atoms. The number of hydrogen-bond acceptors (Lipinski definition) is 6. The van der Waals surface area contributed by atoms with Crippen molar-refractivity contribution in [3.8, 4) is 0 Å². The predicted molar refractivity (Wildman–Crippen MR) is 87.0 cm³/mol. The fourth-order valence-corrected chi connectivity index (χ4v) is 3.51. The van der Waals surface area contributed by atoms with E-state index in [1.54, 1.807) is 24.5 Å². The van der Waals surface area contributed by atoms with Gasteiger partial charge in [-0.1, -0.05) is 0 Å². The van der Waals surface area contributed by atoms with Crippen LogP contribution in [0.1, 0.15) is 6.42 Å². The van der Waals surface area contributed by atoms with Crippen LogP contribution in [-0.2, 0) is 9.84 Å². The molecule has 2 aromatic rings. The van der Waals surface area contributed by atoms with Crippen LogP contribution in [0.2, 0.25) is 0 Å². The van der Waals surface area contributed by atoms with E-state index in [0.717, 1.165) is 36.2 Å². The summed E-state index contributed by atoms with van der Waals surface area (Å²) in [7, 11) is 0.914. The van der Waals surface area contributed by atoms with Gasteiger partial charge in [-0.2, -0.15) is 0 Å². The molecule has 1 saturated heterocycles. The molecule has 0 N–H and O–H groups in total. The Morgan fingerprint density at radius 1 is 1.27 bits per heavy atom. The molecular weight excluding hydrogens is 300 g/mol. The standard InChI is InChI=1S/C15H20N4O2S/c1-18(2)11-6-7-19(9-11)15-13-8-12(22(3,20)21)4-5-14(13)16-10-17-15/h4-5,8,10-11H,6-7,9H2,1-3H3. The largest absolute Gasteiger partial charge is 0.354 e. The van der Waals surface area contributed by atoms with E-state index in [1.807, 2.05) is 0 Å². The van der Waals surface area contributed by atoms with Gasteiger partial charge in [0, 0.05) is 30.8 Å². The van der Waals surface area contributed by atoms with Crippen LogP contribution in [0.15, 0.2) is 29.4 Å². The lowest BCUT2D eigenvalue weighted by Gasteiger charge is -2.22. The SMILES string of the molecule is CN(C)C1CCN(c2ncnc3ccc(S(C)(=O)=O)cc23)C1. The summed E-state index contributed by atoms with van der Waals surface area (Å²) in [6, 6.07) is 5.52. The smallest absolute Gasteiger partial charge is 0.175 e. The fraction of sp³-hybridized carbons (Fsp3) is 0.467. The zero-order chi connectivity index (χ0) is 15.9. The first-order valence-corrected chi connectivity index (χ1v) is 9.11. The van der Waals surface area contributed by atoms with E-state index < -0.39 is 9.84 Å². The third kappa shape index (κ3) is 2.78. The van der Waals surface area contributed by atoms with Crippen molar-refractivity contribution in [3.05, 3.63) is 24.5 Å². The van der Waals surface area contributed by atoms with Crippen molar-refractivity contribution < 1.29 is 8.42 Å². The number of benzene rings is 1. The zero-order valence-corrected chi connectivity index (χ0v) is 13.8. The second kappa shape index (κ2) is 5.48. The number of fused-ring (bicyclic) bond motifs is 1. The number of aromatic nitrogens is 2. The van der Waals surface area contributed by atoms with Crippen LogP contribution in [0, 0.1) is 0 Å². The molecule has 3 rings (SSSR count). The number of sulfone groups is 1. The molecule has 1 unspecified atom stereocenters. The summed E-state index contributed by atoms with van der Waals surface area (Å²) in [5.74, 6) is 0.819. The van der Waals surface area contributed by atoms with Crippen LogP contribution >= 0.6 is 0 Å². The Morgan fingerprint density at radius 3 is 2.68 bits per heavy atom. The third-order valence-corrected chi connectivity index (χ3v) is 5.32. The topological polar surface area (TPSA) is 66.4 Å². The van der Waals surface area contributed by atoms with Crippen LogP contribution in [0.5, 0.6) is 0 Å². The van der Waals surface area contributed by atoms with Crippen molar-refractivity contribution in [3.63, 3.8) is 0 Å². The number of nitrogens with zero attached hydrogens (tertiary/aromatic N) is 4. The van der Waals surface area contributed by atoms with Gasteiger partial charge >= 0.3 is 0 Å². The Hall–Kier alpha value is -1.73. The van der Waals surface area contributed by atoms with Gasteiger partial charge in [-0.15, -0.1) is 0 Å². The third-order valence-electron chi connectivity index (χ3n) is 4.21. The van der Waals surface area contributed by atoms with Gasteiger partial charge < -0.3 is 9.80 Å². The van der Waals surface area contributed by atoms with Crippen molar-refractivity contribution in [2.75, 3.05) is 38.3 Å². The highest BCUT2D eigenvalue weighted by atomic mass is 32.2. The lowest BCUT2D eigenvalue weighted by molar-refractivity contribution is 0.315. The second-order valence-corrected chi connectivity index (χ2v) is 8.02. The molecule has 1 fully saturated rings. The fourth-order valence-electron chi connectivity index (χ4n) is 2.86. The Bertz CT molecular complexity index is 804. The van der Waals surface area contributed by atoms with Gasteiger partial charge in [-0.05, 0) is 38.7 Å². The molecule has 1 aliphatic rings. The summed E-state index contributed by atoms with van der Waals surface area (Å²) in [4.78, 5) is 13.4. The Balaban J connectivity index is 2.06. The number of hydrogen-bond donors (Lipinski definition) is 0. The second-order valence-electron chi connectivity index (χ2n) is 6.00. The minimum Gasteiger partial charge on any atom is -0.354 e. The van der Waals surface area contributed by atoms with E-state index in [1.165, 1.54) is 6.26 Å². The first kappa shape index (κ1) is 15.2. The van der Waals surface area contributed by atoms with Crippen molar-refractivity contribution in [1.29, 1.82) is 0 Å². The van der Waals surface area contributed by atoms with Crippen molar-refractivity contribution in [2.45, 2.75) is 17.4 Å². The van der Waals surface area contributed by atoms with E-state index in [4.69, 9.17) is 0 Å². The molecular formula is C15H20N4O2S. The minimum absolute atomic E-state index is 0.305. The molecule has 1 aliphatic heterocycles. The lowest BCUT2D eigenvalue weighted by Crippen LogP contribution is -2.31. The van der Waals surface area contributed by atoms with E-state index in [9.17, 15) is 8.42 Å². The molecule has 22 heavy (non-hydrogen) atoms. The summed E-state index contributed by atoms with van der Waals surface area (Å²) in [6.07, 6.45) is 3.83. The average Bonchev–Trinajstić information content (AvgIpc) is 2.95. The molecule has 6 nitrogen and oxygen atoms in total. The van der Waals surface area contributed by atoms with Gasteiger partial charge in [-0.25, -0.2) is 18.4 Å². The van der Waals surface area contributed by atoms with Crippen LogP contribution in [0.4, 0.5) is 5.82 Å². The van der Waals surface area contributed by atoms with Crippen molar-refractivity contribution in [1.82, 2.24) is 14.9 Å². The normalized spacial score (nSPS) is 19.3. The maximum atomic E-state index is 11.8. The van der Waals surface area contributed by atoms with Gasteiger partial charge in [0.15, 0.2) is 9.84 Å². The van der Waals surface area contributed by atoms with Gasteiger partial charge in [0.05, 0.1) is 10.4 Å². The highest BCUT2D eigenvalue weighted by Gasteiger charge is 2.26. The lowest BCUT2D eigenvalue weighted by atomic mass is 10.2. The molecule has 0 saturated carbocycles. The zero-order valence-electron chi connectivity index (χ0n) is 13.0. The first-order chi connectivity index (χ1) is 10.4. The van der Waals surface area contributed by atoms with E-state index in [-0.39, 0.29) is 0 Å². The summed E-state index contributed by atoms with van der Waals surface area (Å²) < 4.78 is 23.6. The Morgan fingerprint density at radius 2 is 2.05 bits per heavy atom. The Labute approximate surface area is 130 Å². The first-order valence-electron chi connectivity index (χ1n) is 7.22. The quantitative estimate of drug-likeness (QED) is 0.846. The molecule has 7 heteroatoms. The molecule has 1 atom stereocenters. The van der Waals surface area contributed by atoms with Gasteiger partial charge in [0.2, 0.25) is 0 Å². The maximum absolute atomic E-state index is 11.8. The van der Waals surface area contributed by atoms with Gasteiger partial charge in [0.1, 0.15) is 12.1 Å². The molecule has 1 aromatic heterocycles. The highest BCUT2D eigenvalue weighted by molar-refractivity contribution is 7.90. The summed E-state index contributed by atoms with van der Waals surface area (Å²) in [6.45, 7) is 1.81. The highest BCUT2D eigenvalue weighted by Crippen LogP contribution is 2.28. The summed E-state index contributed by atoms with van der Waals surface area (Å²) in [5.41, 5.74) is 0.769. The molecule has 0 radical (unpaired) electrons. The molecule has 0 amide bonds. The van der Waals surface area contributed by atoms with Crippen molar-refractivity contribution in [2.24, 2.45) is 0 Å². The van der Waals surface area contributed by atoms with Gasteiger partial charge in [-0.3, -0.25) is 0 Å². The molecule has 1 aromatic carbocycles.